The lowest BCUT2D eigenvalue weighted by Gasteiger charge is -2.14. The van der Waals surface area contributed by atoms with Gasteiger partial charge in [-0.1, -0.05) is 18.2 Å². The topological polar surface area (TPSA) is 70.4 Å². The van der Waals surface area contributed by atoms with Crippen molar-refractivity contribution in [2.24, 2.45) is 4.99 Å². The first kappa shape index (κ1) is 21.5. The predicted molar refractivity (Wildman–Crippen MR) is 105 cm³/mol. The van der Waals surface area contributed by atoms with Gasteiger partial charge >= 0.3 is 18.0 Å². The number of rotatable bonds is 3. The minimum atomic E-state index is -5.02. The molecule has 0 aliphatic carbocycles. The number of hydrogen-bond acceptors (Lipinski definition) is 3. The Labute approximate surface area is 176 Å². The van der Waals surface area contributed by atoms with Crippen LogP contribution in [0.15, 0.2) is 52.3 Å². The second-order valence-electron chi connectivity index (χ2n) is 7.04. The number of H-pyrrole nitrogens is 1. The summed E-state index contributed by atoms with van der Waals surface area (Å²) in [6.45, 7) is -0.706. The first-order valence-electron chi connectivity index (χ1n) is 9.09. The third kappa shape index (κ3) is 4.05. The van der Waals surface area contributed by atoms with Gasteiger partial charge in [0.1, 0.15) is 5.69 Å². The van der Waals surface area contributed by atoms with E-state index in [-0.39, 0.29) is 11.8 Å². The van der Waals surface area contributed by atoms with E-state index in [1.165, 1.54) is 12.3 Å². The van der Waals surface area contributed by atoms with Gasteiger partial charge in [0.05, 0.1) is 23.4 Å². The Morgan fingerprint density at radius 1 is 1.00 bits per heavy atom. The Bertz CT molecular complexity index is 1280. The van der Waals surface area contributed by atoms with Crippen LogP contribution < -0.4 is 5.69 Å². The van der Waals surface area contributed by atoms with Crippen molar-refractivity contribution in [3.63, 3.8) is 0 Å². The van der Waals surface area contributed by atoms with Crippen LogP contribution in [-0.2, 0) is 18.9 Å². The number of allylic oxidation sites excluding steroid dienone is 1. The van der Waals surface area contributed by atoms with E-state index in [2.05, 4.69) is 9.98 Å². The molecule has 5 nitrogen and oxygen atoms in total. The van der Waals surface area contributed by atoms with E-state index in [0.29, 0.717) is 28.0 Å². The van der Waals surface area contributed by atoms with Gasteiger partial charge < -0.3 is 10.1 Å². The number of aromatic amines is 1. The van der Waals surface area contributed by atoms with E-state index in [9.17, 15) is 36.2 Å². The van der Waals surface area contributed by atoms with Gasteiger partial charge in [0.25, 0.3) is 0 Å². The SMILES string of the molecule is O=c1[nH]c(C=C2C=Nc3ccccc32)c(O)n1Cc1cc(C(F)(F)F)cc(C(F)(F)F)c1. The Hall–Kier alpha value is -3.76. The van der Waals surface area contributed by atoms with Crippen molar-refractivity contribution in [1.82, 2.24) is 9.55 Å². The molecule has 11 heteroatoms. The van der Waals surface area contributed by atoms with Crippen LogP contribution >= 0.6 is 0 Å². The maximum absolute atomic E-state index is 13.1. The van der Waals surface area contributed by atoms with Crippen LogP contribution in [0.5, 0.6) is 5.88 Å². The lowest BCUT2D eigenvalue weighted by atomic mass is 10.0. The lowest BCUT2D eigenvalue weighted by Crippen LogP contribution is -2.18. The molecule has 0 fully saturated rings. The van der Waals surface area contributed by atoms with Crippen molar-refractivity contribution < 1.29 is 31.4 Å². The molecule has 2 N–H and O–H groups in total. The molecule has 1 aromatic heterocycles. The zero-order valence-corrected chi connectivity index (χ0v) is 15.9. The fourth-order valence-electron chi connectivity index (χ4n) is 3.33. The smallest absolute Gasteiger partial charge is 0.416 e. The largest absolute Gasteiger partial charge is 0.493 e. The third-order valence-corrected chi connectivity index (χ3v) is 4.83. The van der Waals surface area contributed by atoms with Gasteiger partial charge in [-0.25, -0.2) is 4.79 Å². The summed E-state index contributed by atoms with van der Waals surface area (Å²) in [6, 6.07) is 8.07. The first-order chi connectivity index (χ1) is 14.9. The van der Waals surface area contributed by atoms with Crippen LogP contribution in [0.1, 0.15) is 27.9 Å². The highest BCUT2D eigenvalue weighted by Crippen LogP contribution is 2.37. The number of nitrogens with zero attached hydrogens (tertiary/aromatic N) is 2. The summed E-state index contributed by atoms with van der Waals surface area (Å²) in [4.78, 5) is 18.8. The van der Waals surface area contributed by atoms with Gasteiger partial charge in [-0.15, -0.1) is 0 Å². The summed E-state index contributed by atoms with van der Waals surface area (Å²) < 4.78 is 79.1. The maximum Gasteiger partial charge on any atom is 0.416 e. The third-order valence-electron chi connectivity index (χ3n) is 4.83. The Balaban J connectivity index is 1.73. The van der Waals surface area contributed by atoms with Crippen LogP contribution in [-0.4, -0.2) is 20.9 Å². The molecule has 4 rings (SSSR count). The molecular formula is C21H13F6N3O2. The molecule has 0 saturated heterocycles. The molecule has 0 bridgehead atoms. The number of aromatic nitrogens is 2. The number of halogens is 6. The number of imidazole rings is 1. The maximum atomic E-state index is 13.1. The summed E-state index contributed by atoms with van der Waals surface area (Å²) in [5, 5.41) is 10.4. The minimum absolute atomic E-state index is 0.00400. The number of alkyl halides is 6. The lowest BCUT2D eigenvalue weighted by molar-refractivity contribution is -0.143. The molecule has 0 atom stereocenters. The molecule has 1 aliphatic heterocycles. The Morgan fingerprint density at radius 2 is 1.62 bits per heavy atom. The Kier molecular flexibility index (Phi) is 4.99. The van der Waals surface area contributed by atoms with E-state index in [1.807, 2.05) is 0 Å². The summed E-state index contributed by atoms with van der Waals surface area (Å²) >= 11 is 0. The number of nitrogens with one attached hydrogen (secondary N) is 1. The minimum Gasteiger partial charge on any atom is -0.493 e. The second-order valence-corrected chi connectivity index (χ2v) is 7.04. The number of para-hydroxylation sites is 1. The molecule has 1 aliphatic rings. The van der Waals surface area contributed by atoms with Crippen molar-refractivity contribution in [1.29, 1.82) is 0 Å². The van der Waals surface area contributed by atoms with Crippen molar-refractivity contribution >= 4 is 23.6 Å². The zero-order valence-electron chi connectivity index (χ0n) is 15.9. The molecular weight excluding hydrogens is 440 g/mol. The molecule has 32 heavy (non-hydrogen) atoms. The summed E-state index contributed by atoms with van der Waals surface area (Å²) in [5.41, 5.74) is -2.46. The summed E-state index contributed by atoms with van der Waals surface area (Å²) in [7, 11) is 0. The zero-order chi connectivity index (χ0) is 23.3. The van der Waals surface area contributed by atoms with Crippen LogP contribution in [0, 0.1) is 0 Å². The van der Waals surface area contributed by atoms with Gasteiger partial charge in [0.2, 0.25) is 5.88 Å². The van der Waals surface area contributed by atoms with E-state index in [4.69, 9.17) is 0 Å². The van der Waals surface area contributed by atoms with E-state index >= 15 is 0 Å². The molecule has 0 amide bonds. The molecule has 166 valence electrons. The standard InChI is InChI=1S/C21H13F6N3O2/c22-20(23,24)13-5-11(6-14(8-13)21(25,26)27)10-30-18(31)17(29-19(30)32)7-12-9-28-16-4-2-1-3-15(12)16/h1-9,31H,10H2,(H,29,32). The number of benzene rings is 2. The van der Waals surface area contributed by atoms with Crippen molar-refractivity contribution in [2.45, 2.75) is 18.9 Å². The number of aliphatic imine (C=N–C) groups is 1. The molecule has 2 aromatic carbocycles. The highest BCUT2D eigenvalue weighted by Gasteiger charge is 2.37. The van der Waals surface area contributed by atoms with E-state index in [1.54, 1.807) is 24.3 Å². The van der Waals surface area contributed by atoms with Crippen molar-refractivity contribution in [3.8, 4) is 5.88 Å². The van der Waals surface area contributed by atoms with Gasteiger partial charge in [0, 0.05) is 17.4 Å². The summed E-state index contributed by atoms with van der Waals surface area (Å²) in [5.74, 6) is -0.633. The molecule has 0 radical (unpaired) electrons. The highest BCUT2D eigenvalue weighted by atomic mass is 19.4. The number of hydrogen-bond donors (Lipinski definition) is 2. The van der Waals surface area contributed by atoms with Gasteiger partial charge in [-0.2, -0.15) is 26.3 Å². The van der Waals surface area contributed by atoms with E-state index < -0.39 is 47.2 Å². The fourth-order valence-corrected chi connectivity index (χ4v) is 3.33. The number of aromatic hydroxyl groups is 1. The van der Waals surface area contributed by atoms with E-state index in [0.717, 1.165) is 5.56 Å². The van der Waals surface area contributed by atoms with Crippen molar-refractivity contribution in [2.75, 3.05) is 0 Å². The normalized spacial score (nSPS) is 14.9. The van der Waals surface area contributed by atoms with Gasteiger partial charge in [-0.05, 0) is 35.9 Å². The van der Waals surface area contributed by atoms with Gasteiger partial charge in [-0.3, -0.25) is 9.56 Å². The van der Waals surface area contributed by atoms with Crippen LogP contribution in [0.4, 0.5) is 32.0 Å². The first-order valence-corrected chi connectivity index (χ1v) is 9.09. The molecule has 0 spiro atoms. The van der Waals surface area contributed by atoms with Gasteiger partial charge in [0.15, 0.2) is 0 Å². The molecule has 3 aromatic rings. The fraction of sp³-hybridized carbons (Fsp3) is 0.143. The molecule has 2 heterocycles. The average Bonchev–Trinajstić information content (AvgIpc) is 3.23. The summed E-state index contributed by atoms with van der Waals surface area (Å²) in [6.07, 6.45) is -7.13. The Morgan fingerprint density at radius 3 is 2.25 bits per heavy atom. The second kappa shape index (κ2) is 7.43. The van der Waals surface area contributed by atoms with Crippen LogP contribution in [0.3, 0.4) is 0 Å². The molecule has 0 unspecified atom stereocenters. The quantitative estimate of drug-likeness (QED) is 0.534. The predicted octanol–water partition coefficient (Wildman–Crippen LogP) is 5.22. The monoisotopic (exact) mass is 453 g/mol. The van der Waals surface area contributed by atoms with Crippen LogP contribution in [0.25, 0.3) is 11.6 Å². The number of fused-ring (bicyclic) bond motifs is 1. The molecule has 0 saturated carbocycles. The van der Waals surface area contributed by atoms with Crippen molar-refractivity contribution in [3.05, 3.63) is 80.9 Å². The highest BCUT2D eigenvalue weighted by molar-refractivity contribution is 6.21. The van der Waals surface area contributed by atoms with Crippen LogP contribution in [0.2, 0.25) is 0 Å². The average molecular weight is 453 g/mol.